The van der Waals surface area contributed by atoms with Gasteiger partial charge in [0, 0.05) is 12.1 Å². The summed E-state index contributed by atoms with van der Waals surface area (Å²) >= 11 is 0. The second kappa shape index (κ2) is 3.92. The first kappa shape index (κ1) is 11.2. The second-order valence-corrected chi connectivity index (χ2v) is 5.21. The van der Waals surface area contributed by atoms with E-state index in [4.69, 9.17) is 5.73 Å². The molecule has 0 aromatic carbocycles. The molecule has 88 valence electrons. The number of rotatable bonds is 4. The van der Waals surface area contributed by atoms with E-state index in [2.05, 4.69) is 36.1 Å². The van der Waals surface area contributed by atoms with Crippen LogP contribution in [0.1, 0.15) is 32.8 Å². The van der Waals surface area contributed by atoms with Gasteiger partial charge in [0.15, 0.2) is 0 Å². The summed E-state index contributed by atoms with van der Waals surface area (Å²) in [5.41, 5.74) is 7.34. The van der Waals surface area contributed by atoms with Gasteiger partial charge in [-0.2, -0.15) is 0 Å². The number of nitrogens with zero attached hydrogens (tertiary/aromatic N) is 2. The summed E-state index contributed by atoms with van der Waals surface area (Å²) in [7, 11) is 0. The maximum absolute atomic E-state index is 5.82. The molecule has 4 heteroatoms. The summed E-state index contributed by atoms with van der Waals surface area (Å²) in [5.74, 6) is 2.25. The van der Waals surface area contributed by atoms with E-state index in [9.17, 15) is 0 Å². The molecule has 1 fully saturated rings. The largest absolute Gasteiger partial charge is 0.383 e. The Hall–Kier alpha value is -1.32. The third-order valence-electron chi connectivity index (χ3n) is 3.57. The highest BCUT2D eigenvalue weighted by molar-refractivity contribution is 5.54. The van der Waals surface area contributed by atoms with Crippen LogP contribution in [-0.2, 0) is 6.42 Å². The molecule has 0 saturated heterocycles. The first-order valence-electron chi connectivity index (χ1n) is 5.88. The summed E-state index contributed by atoms with van der Waals surface area (Å²) in [6.45, 7) is 7.65. The Balaban J connectivity index is 2.02. The van der Waals surface area contributed by atoms with Crippen LogP contribution in [-0.4, -0.2) is 16.5 Å². The maximum atomic E-state index is 5.82. The number of nitrogen functional groups attached to an aromatic ring is 1. The van der Waals surface area contributed by atoms with Crippen molar-refractivity contribution in [1.82, 2.24) is 9.97 Å². The van der Waals surface area contributed by atoms with E-state index in [0.29, 0.717) is 11.2 Å². The minimum absolute atomic E-state index is 0.498. The predicted octanol–water partition coefficient (Wildman–Crippen LogP) is 2.08. The van der Waals surface area contributed by atoms with Crippen molar-refractivity contribution in [2.24, 2.45) is 11.3 Å². The zero-order valence-corrected chi connectivity index (χ0v) is 10.2. The van der Waals surface area contributed by atoms with Gasteiger partial charge in [0.2, 0.25) is 0 Å². The van der Waals surface area contributed by atoms with Crippen LogP contribution in [0.5, 0.6) is 0 Å². The Morgan fingerprint density at radius 1 is 1.50 bits per heavy atom. The molecule has 1 unspecified atom stereocenters. The van der Waals surface area contributed by atoms with Gasteiger partial charge in [-0.05, 0) is 24.2 Å². The molecule has 0 bridgehead atoms. The van der Waals surface area contributed by atoms with E-state index in [-0.39, 0.29) is 0 Å². The van der Waals surface area contributed by atoms with Gasteiger partial charge in [0.05, 0.1) is 0 Å². The molecule has 0 amide bonds. The number of hydrogen-bond donors (Lipinski definition) is 2. The van der Waals surface area contributed by atoms with Crippen LogP contribution in [0.3, 0.4) is 0 Å². The molecule has 1 aromatic heterocycles. The van der Waals surface area contributed by atoms with E-state index in [1.54, 1.807) is 0 Å². The molecule has 1 aliphatic carbocycles. The maximum Gasteiger partial charge on any atom is 0.134 e. The summed E-state index contributed by atoms with van der Waals surface area (Å²) in [5, 5.41) is 3.39. The van der Waals surface area contributed by atoms with Crippen LogP contribution in [0, 0.1) is 11.3 Å². The minimum Gasteiger partial charge on any atom is -0.383 e. The van der Waals surface area contributed by atoms with Crippen molar-refractivity contribution in [2.75, 3.05) is 17.6 Å². The average Bonchev–Trinajstić information content (AvgIpc) is 2.83. The molecule has 1 heterocycles. The first-order chi connectivity index (χ1) is 7.54. The van der Waals surface area contributed by atoms with Gasteiger partial charge in [-0.1, -0.05) is 20.8 Å². The number of nitrogens with two attached hydrogens (primary N) is 1. The van der Waals surface area contributed by atoms with Crippen LogP contribution in [0.4, 0.5) is 11.6 Å². The van der Waals surface area contributed by atoms with Crippen molar-refractivity contribution in [1.29, 1.82) is 0 Å². The standard InChI is InChI=1S/C12H20N4/c1-4-9-10(13)15-7-16-11(9)14-6-8-5-12(8,2)3/h7-8H,4-6H2,1-3H3,(H3,13,14,15,16). The third kappa shape index (κ3) is 2.10. The fourth-order valence-electron chi connectivity index (χ4n) is 2.07. The lowest BCUT2D eigenvalue weighted by atomic mass is 10.1. The highest BCUT2D eigenvalue weighted by atomic mass is 15.0. The van der Waals surface area contributed by atoms with Gasteiger partial charge in [-0.3, -0.25) is 0 Å². The smallest absolute Gasteiger partial charge is 0.134 e. The summed E-state index contributed by atoms with van der Waals surface area (Å²) in [6, 6.07) is 0. The molecule has 1 atom stereocenters. The number of hydrogen-bond acceptors (Lipinski definition) is 4. The van der Waals surface area contributed by atoms with E-state index < -0.39 is 0 Å². The molecule has 1 aliphatic rings. The van der Waals surface area contributed by atoms with Crippen LogP contribution >= 0.6 is 0 Å². The zero-order valence-electron chi connectivity index (χ0n) is 10.2. The van der Waals surface area contributed by atoms with E-state index in [0.717, 1.165) is 30.3 Å². The van der Waals surface area contributed by atoms with Gasteiger partial charge in [-0.15, -0.1) is 0 Å². The summed E-state index contributed by atoms with van der Waals surface area (Å²) in [6.07, 6.45) is 3.68. The Kier molecular flexibility index (Phi) is 2.74. The Morgan fingerprint density at radius 3 is 2.75 bits per heavy atom. The summed E-state index contributed by atoms with van der Waals surface area (Å²) in [4.78, 5) is 8.26. The van der Waals surface area contributed by atoms with Crippen LogP contribution in [0.2, 0.25) is 0 Å². The van der Waals surface area contributed by atoms with Crippen LogP contribution < -0.4 is 11.1 Å². The number of anilines is 2. The first-order valence-corrected chi connectivity index (χ1v) is 5.88. The number of aromatic nitrogens is 2. The van der Waals surface area contributed by atoms with Gasteiger partial charge < -0.3 is 11.1 Å². The normalized spacial score (nSPS) is 21.8. The van der Waals surface area contributed by atoms with Gasteiger partial charge in [0.25, 0.3) is 0 Å². The lowest BCUT2D eigenvalue weighted by Gasteiger charge is -2.11. The predicted molar refractivity (Wildman–Crippen MR) is 66.2 cm³/mol. The molecule has 1 aromatic rings. The monoisotopic (exact) mass is 220 g/mol. The highest BCUT2D eigenvalue weighted by Crippen LogP contribution is 2.51. The Morgan fingerprint density at radius 2 is 2.19 bits per heavy atom. The molecule has 0 spiro atoms. The SMILES string of the molecule is CCc1c(N)ncnc1NCC1CC1(C)C. The lowest BCUT2D eigenvalue weighted by Crippen LogP contribution is -2.12. The zero-order chi connectivity index (χ0) is 11.8. The molecule has 4 nitrogen and oxygen atoms in total. The Bertz CT molecular complexity index is 387. The molecule has 0 radical (unpaired) electrons. The van der Waals surface area contributed by atoms with Gasteiger partial charge in [-0.25, -0.2) is 9.97 Å². The lowest BCUT2D eigenvalue weighted by molar-refractivity contribution is 0.572. The molecular weight excluding hydrogens is 200 g/mol. The highest BCUT2D eigenvalue weighted by Gasteiger charge is 2.45. The quantitative estimate of drug-likeness (QED) is 0.815. The third-order valence-corrected chi connectivity index (χ3v) is 3.57. The van der Waals surface area contributed by atoms with Gasteiger partial charge >= 0.3 is 0 Å². The van der Waals surface area contributed by atoms with E-state index >= 15 is 0 Å². The van der Waals surface area contributed by atoms with E-state index in [1.807, 2.05) is 0 Å². The molecular formula is C12H20N4. The van der Waals surface area contributed by atoms with Crippen molar-refractivity contribution in [3.8, 4) is 0 Å². The number of nitrogens with one attached hydrogen (secondary N) is 1. The minimum atomic E-state index is 0.498. The molecule has 0 aliphatic heterocycles. The molecule has 2 rings (SSSR count). The van der Waals surface area contributed by atoms with Crippen molar-refractivity contribution in [3.05, 3.63) is 11.9 Å². The molecule has 1 saturated carbocycles. The van der Waals surface area contributed by atoms with Gasteiger partial charge in [0.1, 0.15) is 18.0 Å². The van der Waals surface area contributed by atoms with Crippen LogP contribution in [0.25, 0.3) is 0 Å². The fraction of sp³-hybridized carbons (Fsp3) is 0.667. The average molecular weight is 220 g/mol. The van der Waals surface area contributed by atoms with Crippen molar-refractivity contribution in [2.45, 2.75) is 33.6 Å². The van der Waals surface area contributed by atoms with Crippen molar-refractivity contribution < 1.29 is 0 Å². The van der Waals surface area contributed by atoms with E-state index in [1.165, 1.54) is 12.7 Å². The topological polar surface area (TPSA) is 63.8 Å². The molecule has 3 N–H and O–H groups in total. The molecule has 16 heavy (non-hydrogen) atoms. The second-order valence-electron chi connectivity index (χ2n) is 5.21. The van der Waals surface area contributed by atoms with Crippen LogP contribution in [0.15, 0.2) is 6.33 Å². The fourth-order valence-corrected chi connectivity index (χ4v) is 2.07. The van der Waals surface area contributed by atoms with Crippen molar-refractivity contribution in [3.63, 3.8) is 0 Å². The Labute approximate surface area is 96.7 Å². The van der Waals surface area contributed by atoms with Crippen molar-refractivity contribution >= 4 is 11.6 Å². The summed E-state index contributed by atoms with van der Waals surface area (Å²) < 4.78 is 0.